The van der Waals surface area contributed by atoms with E-state index in [0.717, 1.165) is 4.73 Å². The monoisotopic (exact) mass is 262 g/mol. The highest BCUT2D eigenvalue weighted by atomic mass is 32.3. The third kappa shape index (κ3) is 1.46. The van der Waals surface area contributed by atoms with E-state index in [2.05, 4.69) is 23.4 Å². The highest BCUT2D eigenvalue weighted by Gasteiger charge is 2.34. The molecular weight excluding hydrogens is 256 g/mol. The van der Waals surface area contributed by atoms with Crippen LogP contribution in [0.5, 0.6) is 6.01 Å². The molecule has 3 heterocycles. The van der Waals surface area contributed by atoms with Crippen LogP contribution >= 0.6 is 0 Å². The lowest BCUT2D eigenvalue weighted by atomic mass is 10.5. The number of imidazole rings is 1. The van der Waals surface area contributed by atoms with Crippen LogP contribution in [0.4, 0.5) is 11.8 Å². The molecule has 11 nitrogen and oxygen atoms in total. The van der Waals surface area contributed by atoms with Crippen LogP contribution in [0, 0.1) is 0 Å². The van der Waals surface area contributed by atoms with Crippen molar-refractivity contribution in [1.29, 1.82) is 0 Å². The zero-order valence-electron chi connectivity index (χ0n) is 7.98. The molecule has 0 amide bonds. The number of aromatic nitrogens is 4. The topological polar surface area (TPSA) is 180 Å². The first-order valence-corrected chi connectivity index (χ1v) is 5.25. The molecule has 0 spiro atoms. The summed E-state index contributed by atoms with van der Waals surface area (Å²) in [6, 6.07) is -0.290. The standard InChI is InChI=1S/C5H4N6O4S.H2O/c6-2-1-3(9-4(7)8-2)10-5-11(1)15-16(12,13)14-5;/h(H4,6,7,8,9);1H2. The van der Waals surface area contributed by atoms with E-state index < -0.39 is 10.4 Å². The molecule has 3 rings (SSSR count). The molecule has 0 radical (unpaired) electrons. The lowest BCUT2D eigenvalue weighted by molar-refractivity contribution is 0.311. The average Bonchev–Trinajstić information content (AvgIpc) is 2.54. The van der Waals surface area contributed by atoms with Gasteiger partial charge in [0.1, 0.15) is 0 Å². The molecule has 0 saturated carbocycles. The Hall–Kier alpha value is -2.34. The lowest BCUT2D eigenvalue weighted by Gasteiger charge is -1.98. The van der Waals surface area contributed by atoms with E-state index in [4.69, 9.17) is 11.5 Å². The molecular formula is C5H6N6O5S. The maximum absolute atomic E-state index is 11.0. The number of fused-ring (bicyclic) bond motifs is 3. The molecule has 0 atom stereocenters. The van der Waals surface area contributed by atoms with Crippen LogP contribution in [0.1, 0.15) is 0 Å². The van der Waals surface area contributed by atoms with E-state index >= 15 is 0 Å². The minimum Gasteiger partial charge on any atom is -0.412 e. The minimum absolute atomic E-state index is 0. The number of nitrogens with zero attached hydrogens (tertiary/aromatic N) is 4. The van der Waals surface area contributed by atoms with Gasteiger partial charge in [-0.05, 0) is 0 Å². The van der Waals surface area contributed by atoms with Gasteiger partial charge in [-0.15, -0.1) is 13.1 Å². The SMILES string of the molecule is Nc1nc(N)c2c(n1)nc1n2OS(=O)(=O)O1.O. The molecule has 17 heavy (non-hydrogen) atoms. The zero-order chi connectivity index (χ0) is 11.5. The third-order valence-electron chi connectivity index (χ3n) is 1.83. The summed E-state index contributed by atoms with van der Waals surface area (Å²) in [6.45, 7) is 0. The summed E-state index contributed by atoms with van der Waals surface area (Å²) < 4.78 is 31.6. The van der Waals surface area contributed by atoms with Crippen LogP contribution in [-0.2, 0) is 10.4 Å². The maximum atomic E-state index is 11.0. The summed E-state index contributed by atoms with van der Waals surface area (Å²) in [4.78, 5) is 11.1. The van der Waals surface area contributed by atoms with E-state index in [1.165, 1.54) is 0 Å². The van der Waals surface area contributed by atoms with Gasteiger partial charge in [-0.25, -0.2) is 0 Å². The van der Waals surface area contributed by atoms with Crippen molar-refractivity contribution in [2.24, 2.45) is 0 Å². The number of nitrogen functional groups attached to an aromatic ring is 2. The number of hydrogen-bond acceptors (Lipinski definition) is 9. The molecule has 6 N–H and O–H groups in total. The van der Waals surface area contributed by atoms with Gasteiger partial charge in [-0.3, -0.25) is 4.28 Å². The highest BCUT2D eigenvalue weighted by molar-refractivity contribution is 7.82. The van der Waals surface area contributed by atoms with Crippen molar-refractivity contribution < 1.29 is 22.4 Å². The van der Waals surface area contributed by atoms with Gasteiger partial charge in [0, 0.05) is 0 Å². The summed E-state index contributed by atoms with van der Waals surface area (Å²) in [7, 11) is -4.12. The summed E-state index contributed by atoms with van der Waals surface area (Å²) in [5.74, 6) is -0.133. The lowest BCUT2D eigenvalue weighted by Crippen LogP contribution is -2.15. The maximum Gasteiger partial charge on any atom is 0.523 e. The molecule has 0 fully saturated rings. The predicted octanol–water partition coefficient (Wildman–Crippen LogP) is -2.77. The van der Waals surface area contributed by atoms with Crippen molar-refractivity contribution in [3.8, 4) is 6.01 Å². The Labute approximate surface area is 93.6 Å². The van der Waals surface area contributed by atoms with Crippen LogP contribution in [-0.4, -0.2) is 33.6 Å². The van der Waals surface area contributed by atoms with Gasteiger partial charge in [0.2, 0.25) is 5.95 Å². The first kappa shape index (κ1) is 11.2. The Kier molecular flexibility index (Phi) is 2.02. The Balaban J connectivity index is 0.00000108. The largest absolute Gasteiger partial charge is 0.523 e. The Bertz CT molecular complexity index is 707. The van der Waals surface area contributed by atoms with Crippen LogP contribution in [0.15, 0.2) is 0 Å². The van der Waals surface area contributed by atoms with Gasteiger partial charge in [0.15, 0.2) is 17.0 Å². The van der Waals surface area contributed by atoms with E-state index in [9.17, 15) is 8.42 Å². The fourth-order valence-electron chi connectivity index (χ4n) is 1.30. The fraction of sp³-hybridized carbons (Fsp3) is 0. The molecule has 0 unspecified atom stereocenters. The van der Waals surface area contributed by atoms with Crippen LogP contribution < -0.4 is 19.9 Å². The first-order chi connectivity index (χ1) is 7.46. The number of anilines is 2. The quantitative estimate of drug-likeness (QED) is 0.507. The molecule has 2 aromatic rings. The van der Waals surface area contributed by atoms with E-state index in [1.807, 2.05) is 0 Å². The van der Waals surface area contributed by atoms with Gasteiger partial charge in [0.05, 0.1) is 0 Å². The summed E-state index contributed by atoms with van der Waals surface area (Å²) in [5.41, 5.74) is 11.1. The van der Waals surface area contributed by atoms with Crippen molar-refractivity contribution in [3.05, 3.63) is 0 Å². The van der Waals surface area contributed by atoms with Crippen molar-refractivity contribution in [2.75, 3.05) is 11.5 Å². The molecule has 0 aromatic carbocycles. The van der Waals surface area contributed by atoms with E-state index in [0.29, 0.717) is 0 Å². The third-order valence-corrected chi connectivity index (χ3v) is 2.52. The van der Waals surface area contributed by atoms with E-state index in [-0.39, 0.29) is 34.4 Å². The smallest absolute Gasteiger partial charge is 0.412 e. The van der Waals surface area contributed by atoms with Gasteiger partial charge < -0.3 is 21.1 Å². The molecule has 12 heteroatoms. The van der Waals surface area contributed by atoms with Crippen molar-refractivity contribution in [2.45, 2.75) is 0 Å². The second-order valence-corrected chi connectivity index (χ2v) is 4.03. The highest BCUT2D eigenvalue weighted by Crippen LogP contribution is 2.28. The fourth-order valence-corrected chi connectivity index (χ4v) is 1.94. The Morgan fingerprint density at radius 1 is 1.18 bits per heavy atom. The summed E-state index contributed by atoms with van der Waals surface area (Å²) in [6.07, 6.45) is 0. The Morgan fingerprint density at radius 2 is 1.88 bits per heavy atom. The van der Waals surface area contributed by atoms with Gasteiger partial charge in [-0.2, -0.15) is 15.0 Å². The molecule has 0 aliphatic carbocycles. The van der Waals surface area contributed by atoms with Crippen LogP contribution in [0.25, 0.3) is 11.2 Å². The molecule has 2 aromatic heterocycles. The average molecular weight is 262 g/mol. The van der Waals surface area contributed by atoms with E-state index in [1.54, 1.807) is 0 Å². The molecule has 1 aliphatic rings. The summed E-state index contributed by atoms with van der Waals surface area (Å²) in [5, 5.41) is 0. The molecule has 0 bridgehead atoms. The van der Waals surface area contributed by atoms with Crippen molar-refractivity contribution in [1.82, 2.24) is 19.7 Å². The van der Waals surface area contributed by atoms with Crippen molar-refractivity contribution >= 4 is 33.3 Å². The zero-order valence-corrected chi connectivity index (χ0v) is 8.80. The molecule has 92 valence electrons. The first-order valence-electron chi connectivity index (χ1n) is 3.92. The number of rotatable bonds is 0. The normalized spacial score (nSPS) is 15.8. The Morgan fingerprint density at radius 3 is 2.59 bits per heavy atom. The van der Waals surface area contributed by atoms with Crippen LogP contribution in [0.2, 0.25) is 0 Å². The second kappa shape index (κ2) is 3.08. The molecule has 1 aliphatic heterocycles. The summed E-state index contributed by atoms with van der Waals surface area (Å²) >= 11 is 0. The van der Waals surface area contributed by atoms with Gasteiger partial charge in [-0.1, -0.05) is 0 Å². The van der Waals surface area contributed by atoms with Gasteiger partial charge in [0.25, 0.3) is 0 Å². The van der Waals surface area contributed by atoms with Crippen molar-refractivity contribution in [3.63, 3.8) is 0 Å². The number of hydrogen-bond donors (Lipinski definition) is 2. The van der Waals surface area contributed by atoms with Gasteiger partial charge >= 0.3 is 16.4 Å². The second-order valence-electron chi connectivity index (χ2n) is 2.89. The predicted molar refractivity (Wildman–Crippen MR) is 53.9 cm³/mol. The van der Waals surface area contributed by atoms with Crippen LogP contribution in [0.3, 0.4) is 0 Å². The number of nitrogens with two attached hydrogens (primary N) is 2. The minimum atomic E-state index is -4.12. The molecule has 0 saturated heterocycles.